The highest BCUT2D eigenvalue weighted by Crippen LogP contribution is 2.35. The Labute approximate surface area is 89.6 Å². The number of rotatable bonds is 3. The van der Waals surface area contributed by atoms with Gasteiger partial charge in [0.15, 0.2) is 6.29 Å². The first-order valence-electron chi connectivity index (χ1n) is 5.26. The summed E-state index contributed by atoms with van der Waals surface area (Å²) in [5.74, 6) is 0. The van der Waals surface area contributed by atoms with Crippen molar-refractivity contribution in [1.82, 2.24) is 4.98 Å². The Morgan fingerprint density at radius 2 is 2.47 bits per heavy atom. The van der Waals surface area contributed by atoms with E-state index in [-0.39, 0.29) is 11.5 Å². The quantitative estimate of drug-likeness (QED) is 0.752. The minimum Gasteiger partial charge on any atom is -0.365 e. The number of carbonyl (C=O) groups excluding carboxylic acids is 1. The molecular weight excluding hydrogens is 188 g/mol. The molecule has 1 aliphatic rings. The number of nitrogens with zero attached hydrogens (tertiary/aromatic N) is 1. The standard InChI is InChI=1S/C12H16N2O/c1-12(2)7-10(8-15)14-11(12)6-9-4-3-5-13-9/h3-5,8,11,13H,6-7H2,1-2H3. The SMILES string of the molecule is CC1(C)CC(C=O)=NC1Cc1ccc[nH]1. The molecule has 0 saturated carbocycles. The monoisotopic (exact) mass is 204 g/mol. The molecule has 0 bridgehead atoms. The Morgan fingerprint density at radius 1 is 1.67 bits per heavy atom. The van der Waals surface area contributed by atoms with E-state index in [1.165, 1.54) is 5.69 Å². The number of hydrogen-bond acceptors (Lipinski definition) is 2. The summed E-state index contributed by atoms with van der Waals surface area (Å²) in [4.78, 5) is 18.3. The molecule has 1 aromatic heterocycles. The zero-order valence-electron chi connectivity index (χ0n) is 9.16. The Morgan fingerprint density at radius 3 is 3.00 bits per heavy atom. The molecule has 0 amide bonds. The van der Waals surface area contributed by atoms with Gasteiger partial charge >= 0.3 is 0 Å². The highest BCUT2D eigenvalue weighted by atomic mass is 16.1. The minimum absolute atomic E-state index is 0.0986. The van der Waals surface area contributed by atoms with Crippen LogP contribution in [0.3, 0.4) is 0 Å². The highest BCUT2D eigenvalue weighted by Gasteiger charge is 2.36. The molecular formula is C12H16N2O. The first-order chi connectivity index (χ1) is 7.12. The predicted molar refractivity (Wildman–Crippen MR) is 60.2 cm³/mol. The normalized spacial score (nSPS) is 23.9. The average molecular weight is 204 g/mol. The van der Waals surface area contributed by atoms with E-state index in [9.17, 15) is 4.79 Å². The number of aldehydes is 1. The van der Waals surface area contributed by atoms with Crippen molar-refractivity contribution in [2.75, 3.05) is 0 Å². The van der Waals surface area contributed by atoms with Crippen molar-refractivity contribution in [2.45, 2.75) is 32.7 Å². The van der Waals surface area contributed by atoms with Gasteiger partial charge in [0.2, 0.25) is 0 Å². The summed E-state index contributed by atoms with van der Waals surface area (Å²) in [6.07, 6.45) is 4.48. The molecule has 0 aromatic carbocycles. The molecule has 1 unspecified atom stereocenters. The van der Waals surface area contributed by atoms with Gasteiger partial charge in [-0.25, -0.2) is 0 Å². The summed E-state index contributed by atoms with van der Waals surface area (Å²) in [6.45, 7) is 4.33. The van der Waals surface area contributed by atoms with Crippen molar-refractivity contribution in [1.29, 1.82) is 0 Å². The lowest BCUT2D eigenvalue weighted by atomic mass is 9.81. The Bertz CT molecular complexity index is 376. The van der Waals surface area contributed by atoms with Crippen LogP contribution in [0.2, 0.25) is 0 Å². The van der Waals surface area contributed by atoms with E-state index in [1.807, 2.05) is 12.3 Å². The van der Waals surface area contributed by atoms with Crippen LogP contribution < -0.4 is 0 Å². The predicted octanol–water partition coefficient (Wildman–Crippen LogP) is 2.00. The van der Waals surface area contributed by atoms with E-state index in [4.69, 9.17) is 0 Å². The number of carbonyl (C=O) groups is 1. The van der Waals surface area contributed by atoms with Crippen LogP contribution in [0.25, 0.3) is 0 Å². The fourth-order valence-corrected chi connectivity index (χ4v) is 2.10. The number of H-pyrrole nitrogens is 1. The van der Waals surface area contributed by atoms with Crippen LogP contribution in [-0.4, -0.2) is 23.0 Å². The molecule has 80 valence electrons. The molecule has 0 fully saturated rings. The number of aromatic nitrogens is 1. The van der Waals surface area contributed by atoms with E-state index in [0.29, 0.717) is 5.71 Å². The summed E-state index contributed by atoms with van der Waals surface area (Å²) in [7, 11) is 0. The molecule has 2 heterocycles. The number of aromatic amines is 1. The van der Waals surface area contributed by atoms with Crippen molar-refractivity contribution in [3.63, 3.8) is 0 Å². The second-order valence-electron chi connectivity index (χ2n) is 4.82. The van der Waals surface area contributed by atoms with Gasteiger partial charge in [-0.05, 0) is 24.0 Å². The summed E-state index contributed by atoms with van der Waals surface area (Å²) in [6, 6.07) is 4.27. The van der Waals surface area contributed by atoms with E-state index >= 15 is 0 Å². The molecule has 1 atom stereocenters. The van der Waals surface area contributed by atoms with Crippen LogP contribution in [0.4, 0.5) is 0 Å². The van der Waals surface area contributed by atoms with E-state index < -0.39 is 0 Å². The van der Waals surface area contributed by atoms with Gasteiger partial charge in [-0.15, -0.1) is 0 Å². The van der Waals surface area contributed by atoms with Crippen LogP contribution in [0, 0.1) is 5.41 Å². The van der Waals surface area contributed by atoms with Crippen molar-refractivity contribution in [2.24, 2.45) is 10.4 Å². The molecule has 1 N–H and O–H groups in total. The van der Waals surface area contributed by atoms with E-state index in [0.717, 1.165) is 19.1 Å². The number of hydrogen-bond donors (Lipinski definition) is 1. The van der Waals surface area contributed by atoms with Gasteiger partial charge < -0.3 is 4.98 Å². The van der Waals surface area contributed by atoms with Crippen LogP contribution in [0.5, 0.6) is 0 Å². The van der Waals surface area contributed by atoms with Gasteiger partial charge in [0, 0.05) is 18.3 Å². The lowest BCUT2D eigenvalue weighted by molar-refractivity contribution is -0.102. The van der Waals surface area contributed by atoms with Crippen molar-refractivity contribution in [3.05, 3.63) is 24.0 Å². The molecule has 3 heteroatoms. The van der Waals surface area contributed by atoms with Crippen LogP contribution in [0.1, 0.15) is 26.0 Å². The smallest absolute Gasteiger partial charge is 0.163 e. The summed E-state index contributed by atoms with van der Waals surface area (Å²) in [5, 5.41) is 0. The zero-order valence-corrected chi connectivity index (χ0v) is 9.16. The molecule has 0 radical (unpaired) electrons. The molecule has 0 spiro atoms. The molecule has 2 rings (SSSR count). The Hall–Kier alpha value is -1.38. The van der Waals surface area contributed by atoms with Gasteiger partial charge in [0.1, 0.15) is 0 Å². The Balaban J connectivity index is 2.14. The largest absolute Gasteiger partial charge is 0.365 e. The van der Waals surface area contributed by atoms with Gasteiger partial charge in [-0.1, -0.05) is 13.8 Å². The fourth-order valence-electron chi connectivity index (χ4n) is 2.10. The average Bonchev–Trinajstić information content (AvgIpc) is 2.76. The highest BCUT2D eigenvalue weighted by molar-refractivity contribution is 6.29. The first-order valence-corrected chi connectivity index (χ1v) is 5.26. The molecule has 0 aliphatic carbocycles. The molecule has 15 heavy (non-hydrogen) atoms. The third-order valence-electron chi connectivity index (χ3n) is 3.07. The van der Waals surface area contributed by atoms with Gasteiger partial charge in [0.25, 0.3) is 0 Å². The van der Waals surface area contributed by atoms with E-state index in [1.54, 1.807) is 0 Å². The van der Waals surface area contributed by atoms with Crippen LogP contribution in [0.15, 0.2) is 23.3 Å². The maximum Gasteiger partial charge on any atom is 0.163 e. The van der Waals surface area contributed by atoms with Gasteiger partial charge in [0.05, 0.1) is 11.8 Å². The molecule has 1 aliphatic heterocycles. The maximum atomic E-state index is 10.7. The minimum atomic E-state index is 0.0986. The van der Waals surface area contributed by atoms with Gasteiger partial charge in [-0.3, -0.25) is 9.79 Å². The van der Waals surface area contributed by atoms with Crippen LogP contribution >= 0.6 is 0 Å². The van der Waals surface area contributed by atoms with Crippen molar-refractivity contribution >= 4 is 12.0 Å². The van der Waals surface area contributed by atoms with Crippen molar-refractivity contribution in [3.8, 4) is 0 Å². The number of aliphatic imine (C=N–C) groups is 1. The van der Waals surface area contributed by atoms with Gasteiger partial charge in [-0.2, -0.15) is 0 Å². The lowest BCUT2D eigenvalue weighted by Gasteiger charge is -2.24. The molecule has 0 saturated heterocycles. The topological polar surface area (TPSA) is 45.2 Å². The second-order valence-corrected chi connectivity index (χ2v) is 4.82. The summed E-state index contributed by atoms with van der Waals surface area (Å²) >= 11 is 0. The molecule has 1 aromatic rings. The zero-order chi connectivity index (χ0) is 10.9. The number of nitrogens with one attached hydrogen (secondary N) is 1. The first kappa shape index (κ1) is 10.1. The third kappa shape index (κ3) is 2.01. The van der Waals surface area contributed by atoms with Crippen molar-refractivity contribution < 1.29 is 4.79 Å². The fraction of sp³-hybridized carbons (Fsp3) is 0.500. The molecule has 3 nitrogen and oxygen atoms in total. The Kier molecular flexibility index (Phi) is 2.47. The summed E-state index contributed by atoms with van der Waals surface area (Å²) in [5.41, 5.74) is 1.99. The van der Waals surface area contributed by atoms with E-state index in [2.05, 4.69) is 29.9 Å². The lowest BCUT2D eigenvalue weighted by Crippen LogP contribution is -2.25. The van der Waals surface area contributed by atoms with Crippen LogP contribution in [-0.2, 0) is 11.2 Å². The second kappa shape index (κ2) is 3.65. The maximum absolute atomic E-state index is 10.7. The third-order valence-corrected chi connectivity index (χ3v) is 3.07. The summed E-state index contributed by atoms with van der Waals surface area (Å²) < 4.78 is 0.